The summed E-state index contributed by atoms with van der Waals surface area (Å²) in [6, 6.07) is 19.1. The maximum absolute atomic E-state index is 10.9. The van der Waals surface area contributed by atoms with Crippen molar-refractivity contribution in [1.82, 2.24) is 4.98 Å². The molecule has 0 fully saturated rings. The van der Waals surface area contributed by atoms with Crippen molar-refractivity contribution in [3.63, 3.8) is 0 Å². The van der Waals surface area contributed by atoms with Crippen LogP contribution in [0.4, 0.5) is 17.2 Å². The van der Waals surface area contributed by atoms with Gasteiger partial charge in [-0.15, -0.1) is 0 Å². The van der Waals surface area contributed by atoms with E-state index in [9.17, 15) is 10.1 Å². The van der Waals surface area contributed by atoms with Crippen molar-refractivity contribution in [1.29, 1.82) is 0 Å². The molecular weight excluding hydrogens is 376 g/mol. The first-order chi connectivity index (χ1) is 14.4. The molecule has 0 amide bonds. The molecular formula is C24H26N4O2. The van der Waals surface area contributed by atoms with Crippen molar-refractivity contribution in [3.05, 3.63) is 93.7 Å². The number of nitrogens with zero attached hydrogens (tertiary/aromatic N) is 3. The second kappa shape index (κ2) is 9.31. The van der Waals surface area contributed by atoms with E-state index >= 15 is 0 Å². The predicted molar refractivity (Wildman–Crippen MR) is 122 cm³/mol. The molecule has 3 aromatic rings. The number of hydrogen-bond acceptors (Lipinski definition) is 4. The lowest BCUT2D eigenvalue weighted by molar-refractivity contribution is -0.385. The van der Waals surface area contributed by atoms with Crippen LogP contribution in [0, 0.1) is 10.1 Å². The fraction of sp³-hybridized carbons (Fsp3) is 0.250. The molecule has 154 valence electrons. The van der Waals surface area contributed by atoms with E-state index in [4.69, 9.17) is 4.99 Å². The zero-order valence-electron chi connectivity index (χ0n) is 17.7. The van der Waals surface area contributed by atoms with E-state index in [1.165, 1.54) is 23.4 Å². The van der Waals surface area contributed by atoms with Crippen molar-refractivity contribution < 1.29 is 4.92 Å². The Morgan fingerprint density at radius 1 is 0.933 bits per heavy atom. The van der Waals surface area contributed by atoms with Gasteiger partial charge in [-0.05, 0) is 29.0 Å². The Morgan fingerprint density at radius 3 is 2.07 bits per heavy atom. The molecule has 6 heteroatoms. The molecule has 0 spiro atoms. The molecule has 0 aliphatic carbocycles. The fourth-order valence-corrected chi connectivity index (χ4v) is 3.24. The topological polar surface area (TPSA) is 80.4 Å². The van der Waals surface area contributed by atoms with E-state index in [0.717, 1.165) is 11.3 Å². The molecule has 0 unspecified atom stereocenters. The fourth-order valence-electron chi connectivity index (χ4n) is 3.24. The first-order valence-electron chi connectivity index (χ1n) is 10.0. The Morgan fingerprint density at radius 2 is 1.57 bits per heavy atom. The van der Waals surface area contributed by atoms with Gasteiger partial charge in [0.2, 0.25) is 0 Å². The van der Waals surface area contributed by atoms with E-state index in [2.05, 4.69) is 56.2 Å². The maximum Gasteiger partial charge on any atom is 0.287 e. The number of nitro groups is 1. The number of benzene rings is 2. The second-order valence-electron chi connectivity index (χ2n) is 7.70. The minimum atomic E-state index is -0.468. The van der Waals surface area contributed by atoms with Crippen LogP contribution in [0.25, 0.3) is 0 Å². The molecule has 0 aliphatic heterocycles. The van der Waals surface area contributed by atoms with Crippen molar-refractivity contribution in [2.75, 3.05) is 5.32 Å². The Balaban J connectivity index is 2.11. The zero-order chi connectivity index (χ0) is 21.7. The molecule has 6 nitrogen and oxygen atoms in total. The summed E-state index contributed by atoms with van der Waals surface area (Å²) in [6.45, 7) is 8.67. The largest absolute Gasteiger partial charge is 0.339 e. The Kier molecular flexibility index (Phi) is 6.57. The number of pyridine rings is 1. The van der Waals surface area contributed by atoms with Crippen molar-refractivity contribution in [2.24, 2.45) is 4.99 Å². The molecule has 3 rings (SSSR count). The van der Waals surface area contributed by atoms with E-state index in [0.29, 0.717) is 23.5 Å². The van der Waals surface area contributed by atoms with Crippen LogP contribution in [0.2, 0.25) is 0 Å². The minimum absolute atomic E-state index is 0.0598. The number of nitrogens with one attached hydrogen (secondary N) is 1. The van der Waals surface area contributed by atoms with Crippen LogP contribution in [-0.4, -0.2) is 15.7 Å². The Bertz CT molecular complexity index is 1020. The smallest absolute Gasteiger partial charge is 0.287 e. The molecule has 1 N–H and O–H groups in total. The van der Waals surface area contributed by atoms with Crippen LogP contribution >= 0.6 is 0 Å². The van der Waals surface area contributed by atoms with E-state index in [1.807, 2.05) is 30.3 Å². The standard InChI is InChI=1S/C24H26N4O2/c1-16(2)20-11-8-12-21(17(3)4)23(20)27-24(18-9-6-5-7-10-18)26-22-14-13-19(15-25-22)28(29)30/h5-17H,1-4H3,(H,25,26,27). The molecule has 1 heterocycles. The zero-order valence-corrected chi connectivity index (χ0v) is 17.7. The third-order valence-electron chi connectivity index (χ3n) is 4.83. The van der Waals surface area contributed by atoms with Gasteiger partial charge in [0.15, 0.2) is 5.82 Å². The molecule has 0 bridgehead atoms. The van der Waals surface area contributed by atoms with Gasteiger partial charge in [-0.25, -0.2) is 9.98 Å². The van der Waals surface area contributed by atoms with Gasteiger partial charge in [0.25, 0.3) is 5.69 Å². The third-order valence-corrected chi connectivity index (χ3v) is 4.83. The van der Waals surface area contributed by atoms with Gasteiger partial charge in [-0.1, -0.05) is 76.2 Å². The van der Waals surface area contributed by atoms with Crippen molar-refractivity contribution >= 4 is 23.0 Å². The lowest BCUT2D eigenvalue weighted by atomic mass is 9.92. The van der Waals surface area contributed by atoms with Crippen LogP contribution in [0.15, 0.2) is 71.9 Å². The van der Waals surface area contributed by atoms with Gasteiger partial charge in [0.1, 0.15) is 12.0 Å². The SMILES string of the molecule is CC(C)c1cccc(C(C)C)c1NC(=Nc1ccc([N+](=O)[O-])cn1)c1ccccc1. The van der Waals surface area contributed by atoms with Gasteiger partial charge < -0.3 is 5.32 Å². The number of hydrogen-bond donors (Lipinski definition) is 1. The summed E-state index contributed by atoms with van der Waals surface area (Å²) >= 11 is 0. The Hall–Kier alpha value is -3.54. The van der Waals surface area contributed by atoms with Crippen LogP contribution in [0.3, 0.4) is 0 Å². The lowest BCUT2D eigenvalue weighted by Gasteiger charge is -2.22. The van der Waals surface area contributed by atoms with Crippen LogP contribution < -0.4 is 5.32 Å². The van der Waals surface area contributed by atoms with Gasteiger partial charge in [0, 0.05) is 17.3 Å². The molecule has 30 heavy (non-hydrogen) atoms. The normalized spacial score (nSPS) is 11.7. The first kappa shape index (κ1) is 21.2. The summed E-state index contributed by atoms with van der Waals surface area (Å²) < 4.78 is 0. The summed E-state index contributed by atoms with van der Waals surface area (Å²) in [7, 11) is 0. The molecule has 0 atom stereocenters. The van der Waals surface area contributed by atoms with Gasteiger partial charge >= 0.3 is 0 Å². The predicted octanol–water partition coefficient (Wildman–Crippen LogP) is 6.43. The monoisotopic (exact) mass is 402 g/mol. The quantitative estimate of drug-likeness (QED) is 0.223. The average Bonchev–Trinajstić information content (AvgIpc) is 2.74. The second-order valence-corrected chi connectivity index (χ2v) is 7.70. The maximum atomic E-state index is 10.9. The molecule has 2 aromatic carbocycles. The minimum Gasteiger partial charge on any atom is -0.339 e. The van der Waals surface area contributed by atoms with Crippen molar-refractivity contribution in [2.45, 2.75) is 39.5 Å². The van der Waals surface area contributed by atoms with Crippen LogP contribution in [0.1, 0.15) is 56.2 Å². The van der Waals surface area contributed by atoms with E-state index < -0.39 is 4.92 Å². The molecule has 0 saturated heterocycles. The highest BCUT2D eigenvalue weighted by molar-refractivity contribution is 6.10. The molecule has 0 radical (unpaired) electrons. The Labute approximate surface area is 176 Å². The van der Waals surface area contributed by atoms with E-state index in [-0.39, 0.29) is 5.69 Å². The first-order valence-corrected chi connectivity index (χ1v) is 10.0. The molecule has 0 aliphatic rings. The van der Waals surface area contributed by atoms with Crippen LogP contribution in [-0.2, 0) is 0 Å². The lowest BCUT2D eigenvalue weighted by Crippen LogP contribution is -2.17. The highest BCUT2D eigenvalue weighted by Gasteiger charge is 2.16. The van der Waals surface area contributed by atoms with Crippen LogP contribution in [0.5, 0.6) is 0 Å². The number of aromatic nitrogens is 1. The number of amidine groups is 1. The van der Waals surface area contributed by atoms with Gasteiger partial charge in [-0.3, -0.25) is 10.1 Å². The van der Waals surface area contributed by atoms with Gasteiger partial charge in [0.05, 0.1) is 4.92 Å². The molecule has 0 saturated carbocycles. The summed E-state index contributed by atoms with van der Waals surface area (Å²) in [6.07, 6.45) is 1.23. The number of rotatable bonds is 6. The number of aliphatic imine (C=N–C) groups is 1. The van der Waals surface area contributed by atoms with Crippen molar-refractivity contribution in [3.8, 4) is 0 Å². The summed E-state index contributed by atoms with van der Waals surface area (Å²) in [4.78, 5) is 19.3. The molecule has 1 aromatic heterocycles. The highest BCUT2D eigenvalue weighted by Crippen LogP contribution is 2.33. The summed E-state index contributed by atoms with van der Waals surface area (Å²) in [5.74, 6) is 1.72. The summed E-state index contributed by atoms with van der Waals surface area (Å²) in [5, 5.41) is 14.5. The summed E-state index contributed by atoms with van der Waals surface area (Å²) in [5.41, 5.74) is 4.32. The van der Waals surface area contributed by atoms with Gasteiger partial charge in [-0.2, -0.15) is 0 Å². The highest BCUT2D eigenvalue weighted by atomic mass is 16.6. The number of anilines is 1. The third kappa shape index (κ3) is 4.89. The van der Waals surface area contributed by atoms with E-state index in [1.54, 1.807) is 6.07 Å². The number of para-hydroxylation sites is 1. The average molecular weight is 402 g/mol.